The Bertz CT molecular complexity index is 520. The van der Waals surface area contributed by atoms with Gasteiger partial charge in [-0.05, 0) is 31.5 Å². The first-order chi connectivity index (χ1) is 7.91. The van der Waals surface area contributed by atoms with Gasteiger partial charge < -0.3 is 15.2 Å². The van der Waals surface area contributed by atoms with Crippen LogP contribution < -0.4 is 5.56 Å². The van der Waals surface area contributed by atoms with Crippen LogP contribution in [0.4, 0.5) is 0 Å². The van der Waals surface area contributed by atoms with Crippen molar-refractivity contribution in [3.05, 3.63) is 20.7 Å². The van der Waals surface area contributed by atoms with E-state index in [9.17, 15) is 14.7 Å². The first-order valence-corrected chi connectivity index (χ1v) is 5.60. The molecular formula is C10H14N2O4S. The summed E-state index contributed by atoms with van der Waals surface area (Å²) in [5.41, 5.74) is -0.231. The highest BCUT2D eigenvalue weighted by molar-refractivity contribution is 7.71. The number of hydrogen-bond donors (Lipinski definition) is 4. The molecule has 1 heterocycles. The summed E-state index contributed by atoms with van der Waals surface area (Å²) in [7, 11) is 0. The Hall–Kier alpha value is -1.63. The number of hydrogen-bond acceptors (Lipinski definition) is 4. The van der Waals surface area contributed by atoms with Crippen LogP contribution >= 0.6 is 12.2 Å². The van der Waals surface area contributed by atoms with Crippen molar-refractivity contribution in [2.45, 2.75) is 26.2 Å². The number of carboxylic acid groups (broad SMARTS) is 1. The van der Waals surface area contributed by atoms with Crippen LogP contribution in [0.2, 0.25) is 0 Å². The van der Waals surface area contributed by atoms with Crippen LogP contribution in [0.3, 0.4) is 0 Å². The van der Waals surface area contributed by atoms with Crippen molar-refractivity contribution < 1.29 is 15.0 Å². The molecule has 0 unspecified atom stereocenters. The van der Waals surface area contributed by atoms with E-state index in [2.05, 4.69) is 22.2 Å². The summed E-state index contributed by atoms with van der Waals surface area (Å²) in [6.07, 6.45) is 1.27. The molecule has 0 aromatic carbocycles. The molecule has 94 valence electrons. The predicted molar refractivity (Wildman–Crippen MR) is 63.7 cm³/mol. The minimum atomic E-state index is -0.865. The number of aliphatic carboxylic acids is 1. The smallest absolute Gasteiger partial charge is 0.306 e. The summed E-state index contributed by atoms with van der Waals surface area (Å²) in [5, 5.41) is 18.2. The number of aromatic amines is 2. The summed E-state index contributed by atoms with van der Waals surface area (Å²) in [6, 6.07) is 0. The molecule has 17 heavy (non-hydrogen) atoms. The molecule has 0 fully saturated rings. The van der Waals surface area contributed by atoms with Gasteiger partial charge in [-0.1, -0.05) is 6.92 Å². The largest absolute Gasteiger partial charge is 0.494 e. The zero-order valence-electron chi connectivity index (χ0n) is 9.32. The topological polar surface area (TPSA) is 106 Å². The molecule has 4 N–H and O–H groups in total. The van der Waals surface area contributed by atoms with Gasteiger partial charge in [-0.3, -0.25) is 14.6 Å². The van der Waals surface area contributed by atoms with Gasteiger partial charge in [0.25, 0.3) is 5.56 Å². The number of carboxylic acids is 1. The second-order valence-corrected chi connectivity index (χ2v) is 4.28. The molecule has 0 saturated heterocycles. The molecule has 0 aliphatic rings. The van der Waals surface area contributed by atoms with E-state index in [0.29, 0.717) is 19.3 Å². The van der Waals surface area contributed by atoms with Crippen LogP contribution in [0.5, 0.6) is 5.88 Å². The Labute approximate surface area is 102 Å². The zero-order valence-corrected chi connectivity index (χ0v) is 10.1. The Morgan fingerprint density at radius 2 is 2.12 bits per heavy atom. The molecule has 1 atom stereocenters. The Morgan fingerprint density at radius 1 is 1.47 bits per heavy atom. The van der Waals surface area contributed by atoms with Gasteiger partial charge in [0, 0.05) is 0 Å². The Kier molecular flexibility index (Phi) is 4.45. The van der Waals surface area contributed by atoms with E-state index in [-0.39, 0.29) is 16.2 Å². The maximum Gasteiger partial charge on any atom is 0.306 e. The standard InChI is InChI=1S/C10H14N2O4S/c1-5(9(15)16)3-2-4-6-7(13)11-10(17)12-8(6)14/h5H,2-4H2,1H3,(H,15,16)(H3,11,12,13,14,17)/t5-/m1/s1. The number of aromatic hydroxyl groups is 1. The lowest BCUT2D eigenvalue weighted by molar-refractivity contribution is -0.141. The van der Waals surface area contributed by atoms with E-state index in [4.69, 9.17) is 5.11 Å². The molecule has 0 aliphatic heterocycles. The lowest BCUT2D eigenvalue weighted by Crippen LogP contribution is -2.15. The van der Waals surface area contributed by atoms with Crippen molar-refractivity contribution in [3.8, 4) is 5.88 Å². The molecule has 6 nitrogen and oxygen atoms in total. The third-order valence-electron chi connectivity index (χ3n) is 2.50. The van der Waals surface area contributed by atoms with E-state index < -0.39 is 17.4 Å². The lowest BCUT2D eigenvalue weighted by atomic mass is 10.0. The van der Waals surface area contributed by atoms with Crippen LogP contribution in [-0.4, -0.2) is 26.2 Å². The van der Waals surface area contributed by atoms with Gasteiger partial charge >= 0.3 is 5.97 Å². The molecule has 0 bridgehead atoms. The normalized spacial score (nSPS) is 12.3. The minimum absolute atomic E-state index is 0.0650. The average molecular weight is 258 g/mol. The van der Waals surface area contributed by atoms with Crippen molar-refractivity contribution in [3.63, 3.8) is 0 Å². The average Bonchev–Trinajstić information content (AvgIpc) is 2.21. The van der Waals surface area contributed by atoms with Crippen LogP contribution in [0.1, 0.15) is 25.3 Å². The maximum absolute atomic E-state index is 11.5. The molecule has 0 amide bonds. The molecular weight excluding hydrogens is 244 g/mol. The summed E-state index contributed by atoms with van der Waals surface area (Å²) >= 11 is 4.69. The van der Waals surface area contributed by atoms with Crippen molar-refractivity contribution in [1.29, 1.82) is 0 Å². The fourth-order valence-electron chi connectivity index (χ4n) is 1.44. The highest BCUT2D eigenvalue weighted by Gasteiger charge is 2.12. The SMILES string of the molecule is C[C@H](CCCc1c(O)[nH]c(=S)[nH]c1=O)C(=O)O. The van der Waals surface area contributed by atoms with Crippen LogP contribution in [0.15, 0.2) is 4.79 Å². The monoisotopic (exact) mass is 258 g/mol. The third-order valence-corrected chi connectivity index (χ3v) is 2.71. The zero-order chi connectivity index (χ0) is 13.0. The van der Waals surface area contributed by atoms with E-state index in [1.54, 1.807) is 6.92 Å². The molecule has 7 heteroatoms. The number of carbonyl (C=O) groups is 1. The van der Waals surface area contributed by atoms with Crippen molar-refractivity contribution in [1.82, 2.24) is 9.97 Å². The Balaban J connectivity index is 2.68. The highest BCUT2D eigenvalue weighted by atomic mass is 32.1. The fraction of sp³-hybridized carbons (Fsp3) is 0.500. The third kappa shape index (κ3) is 3.70. The quantitative estimate of drug-likeness (QED) is 0.593. The molecule has 1 aromatic rings. The molecule has 1 aromatic heterocycles. The van der Waals surface area contributed by atoms with Crippen LogP contribution in [0.25, 0.3) is 0 Å². The second kappa shape index (κ2) is 5.62. The van der Waals surface area contributed by atoms with Crippen molar-refractivity contribution >= 4 is 18.2 Å². The number of H-pyrrole nitrogens is 2. The fourth-order valence-corrected chi connectivity index (χ4v) is 1.63. The van der Waals surface area contributed by atoms with E-state index in [1.807, 2.05) is 0 Å². The van der Waals surface area contributed by atoms with Gasteiger partial charge in [0.1, 0.15) is 0 Å². The number of aromatic nitrogens is 2. The van der Waals surface area contributed by atoms with Gasteiger partial charge in [-0.15, -0.1) is 0 Å². The summed E-state index contributed by atoms with van der Waals surface area (Å²) in [6.45, 7) is 1.60. The summed E-state index contributed by atoms with van der Waals surface area (Å²) in [4.78, 5) is 26.8. The van der Waals surface area contributed by atoms with Gasteiger partial charge in [0.2, 0.25) is 0 Å². The van der Waals surface area contributed by atoms with Crippen LogP contribution in [0, 0.1) is 10.7 Å². The molecule has 0 saturated carbocycles. The van der Waals surface area contributed by atoms with Crippen molar-refractivity contribution in [2.75, 3.05) is 0 Å². The van der Waals surface area contributed by atoms with E-state index in [0.717, 1.165) is 0 Å². The Morgan fingerprint density at radius 3 is 2.65 bits per heavy atom. The predicted octanol–water partition coefficient (Wildman–Crippen LogP) is 1.18. The van der Waals surface area contributed by atoms with Crippen LogP contribution in [-0.2, 0) is 11.2 Å². The number of nitrogens with one attached hydrogen (secondary N) is 2. The highest BCUT2D eigenvalue weighted by Crippen LogP contribution is 2.13. The van der Waals surface area contributed by atoms with Crippen molar-refractivity contribution in [2.24, 2.45) is 5.92 Å². The molecule has 0 spiro atoms. The van der Waals surface area contributed by atoms with E-state index >= 15 is 0 Å². The summed E-state index contributed by atoms with van der Waals surface area (Å²) < 4.78 is 0.0650. The van der Waals surface area contributed by atoms with Gasteiger partial charge in [0.05, 0.1) is 11.5 Å². The summed E-state index contributed by atoms with van der Waals surface area (Å²) in [5.74, 6) is -1.57. The molecule has 0 radical (unpaired) electrons. The lowest BCUT2D eigenvalue weighted by Gasteiger charge is -2.06. The first kappa shape index (κ1) is 13.4. The number of rotatable bonds is 5. The van der Waals surface area contributed by atoms with Gasteiger partial charge in [-0.2, -0.15) is 0 Å². The van der Waals surface area contributed by atoms with Gasteiger partial charge in [-0.25, -0.2) is 0 Å². The first-order valence-electron chi connectivity index (χ1n) is 5.19. The maximum atomic E-state index is 11.5. The van der Waals surface area contributed by atoms with Gasteiger partial charge in [0.15, 0.2) is 10.7 Å². The van der Waals surface area contributed by atoms with E-state index in [1.165, 1.54) is 0 Å². The molecule has 0 aliphatic carbocycles. The molecule has 1 rings (SSSR count). The minimum Gasteiger partial charge on any atom is -0.494 e. The second-order valence-electron chi connectivity index (χ2n) is 3.87.